The maximum atomic E-state index is 12.3. The number of benzene rings is 2. The molecule has 1 amide bonds. The Labute approximate surface area is 167 Å². The van der Waals surface area contributed by atoms with Crippen LogP contribution in [0.5, 0.6) is 0 Å². The van der Waals surface area contributed by atoms with E-state index in [2.05, 4.69) is 53.4 Å². The summed E-state index contributed by atoms with van der Waals surface area (Å²) in [6, 6.07) is 18.3. The van der Waals surface area contributed by atoms with Gasteiger partial charge in [-0.25, -0.2) is 4.68 Å². The van der Waals surface area contributed by atoms with Crippen LogP contribution < -0.4 is 5.32 Å². The molecule has 1 N–H and O–H groups in total. The van der Waals surface area contributed by atoms with Crippen LogP contribution >= 0.6 is 0 Å². The number of para-hydroxylation sites is 1. The highest BCUT2D eigenvalue weighted by atomic mass is 16.1. The van der Waals surface area contributed by atoms with Gasteiger partial charge in [-0.05, 0) is 41.9 Å². The molecule has 0 spiro atoms. The number of hydrogen-bond donors (Lipinski definition) is 1. The Morgan fingerprint density at radius 2 is 1.64 bits per heavy atom. The molecule has 0 radical (unpaired) electrons. The molecule has 3 aromatic rings. The third kappa shape index (κ3) is 5.54. The summed E-state index contributed by atoms with van der Waals surface area (Å²) >= 11 is 0. The normalized spacial score (nSPS) is 11.0. The molecule has 0 fully saturated rings. The zero-order valence-corrected chi connectivity index (χ0v) is 16.6. The lowest BCUT2D eigenvalue weighted by molar-refractivity contribution is -0.120. The standard InChI is InChI=1S/C23H28N4O/c1-3-26(4-2)17-20-12-10-19(11-13-20)15-24-23(28)14-21-16-25-27(18-21)22-8-6-5-7-9-22/h5-13,16,18H,3-4,14-15,17H2,1-2H3,(H,24,28). The van der Waals surface area contributed by atoms with Gasteiger partial charge in [-0.2, -0.15) is 5.10 Å². The first-order chi connectivity index (χ1) is 13.7. The van der Waals surface area contributed by atoms with Gasteiger partial charge in [0.05, 0.1) is 18.3 Å². The summed E-state index contributed by atoms with van der Waals surface area (Å²) in [6.07, 6.45) is 3.97. The molecule has 0 unspecified atom stereocenters. The molecule has 0 bridgehead atoms. The molecular weight excluding hydrogens is 348 g/mol. The molecule has 146 valence electrons. The van der Waals surface area contributed by atoms with E-state index in [1.54, 1.807) is 10.9 Å². The quantitative estimate of drug-likeness (QED) is 0.621. The van der Waals surface area contributed by atoms with E-state index in [1.807, 2.05) is 36.5 Å². The van der Waals surface area contributed by atoms with Crippen LogP contribution in [-0.2, 0) is 24.3 Å². The minimum Gasteiger partial charge on any atom is -0.352 e. The first kappa shape index (κ1) is 19.8. The van der Waals surface area contributed by atoms with Crippen molar-refractivity contribution in [1.82, 2.24) is 20.0 Å². The van der Waals surface area contributed by atoms with Crippen LogP contribution in [-0.4, -0.2) is 33.7 Å². The van der Waals surface area contributed by atoms with E-state index in [0.29, 0.717) is 13.0 Å². The fourth-order valence-corrected chi connectivity index (χ4v) is 3.09. The van der Waals surface area contributed by atoms with Gasteiger partial charge in [0.25, 0.3) is 0 Å². The highest BCUT2D eigenvalue weighted by Crippen LogP contribution is 2.09. The van der Waals surface area contributed by atoms with Gasteiger partial charge in [0.2, 0.25) is 5.91 Å². The number of rotatable bonds is 9. The van der Waals surface area contributed by atoms with Gasteiger partial charge in [-0.3, -0.25) is 9.69 Å². The smallest absolute Gasteiger partial charge is 0.224 e. The molecule has 2 aromatic carbocycles. The summed E-state index contributed by atoms with van der Waals surface area (Å²) in [6.45, 7) is 7.96. The van der Waals surface area contributed by atoms with Crippen molar-refractivity contribution in [2.24, 2.45) is 0 Å². The van der Waals surface area contributed by atoms with Crippen LogP contribution in [0, 0.1) is 0 Å². The number of carbonyl (C=O) groups excluding carboxylic acids is 1. The van der Waals surface area contributed by atoms with E-state index in [4.69, 9.17) is 0 Å². The minimum absolute atomic E-state index is 0.000158. The molecular formula is C23H28N4O. The lowest BCUT2D eigenvalue weighted by Crippen LogP contribution is -2.24. The van der Waals surface area contributed by atoms with Gasteiger partial charge < -0.3 is 5.32 Å². The fraction of sp³-hybridized carbons (Fsp3) is 0.304. The topological polar surface area (TPSA) is 50.2 Å². The average molecular weight is 377 g/mol. The largest absolute Gasteiger partial charge is 0.352 e. The SMILES string of the molecule is CCN(CC)Cc1ccc(CNC(=O)Cc2cnn(-c3ccccc3)c2)cc1. The van der Waals surface area contributed by atoms with Crippen molar-refractivity contribution in [2.75, 3.05) is 13.1 Å². The molecule has 0 aliphatic carbocycles. The van der Waals surface area contributed by atoms with Gasteiger partial charge in [0, 0.05) is 19.3 Å². The monoisotopic (exact) mass is 376 g/mol. The summed E-state index contributed by atoms with van der Waals surface area (Å²) in [5.41, 5.74) is 4.29. The van der Waals surface area contributed by atoms with E-state index in [1.165, 1.54) is 5.56 Å². The van der Waals surface area contributed by atoms with E-state index in [-0.39, 0.29) is 5.91 Å². The predicted molar refractivity (Wildman–Crippen MR) is 112 cm³/mol. The summed E-state index contributed by atoms with van der Waals surface area (Å²) in [4.78, 5) is 14.6. The maximum absolute atomic E-state index is 12.3. The number of aromatic nitrogens is 2. The predicted octanol–water partition coefficient (Wildman–Crippen LogP) is 3.57. The number of nitrogens with one attached hydrogen (secondary N) is 1. The molecule has 0 saturated heterocycles. The molecule has 5 nitrogen and oxygen atoms in total. The molecule has 1 aromatic heterocycles. The van der Waals surface area contributed by atoms with Crippen LogP contribution in [0.2, 0.25) is 0 Å². The summed E-state index contributed by atoms with van der Waals surface area (Å²) in [7, 11) is 0. The van der Waals surface area contributed by atoms with Gasteiger partial charge in [-0.1, -0.05) is 56.3 Å². The summed E-state index contributed by atoms with van der Waals surface area (Å²) < 4.78 is 1.79. The number of nitrogens with zero attached hydrogens (tertiary/aromatic N) is 3. The van der Waals surface area contributed by atoms with Gasteiger partial charge in [0.15, 0.2) is 0 Å². The van der Waals surface area contributed by atoms with Crippen LogP contribution in [0.1, 0.15) is 30.5 Å². The van der Waals surface area contributed by atoms with Gasteiger partial charge in [-0.15, -0.1) is 0 Å². The second-order valence-corrected chi connectivity index (χ2v) is 6.86. The Hall–Kier alpha value is -2.92. The van der Waals surface area contributed by atoms with E-state index in [0.717, 1.165) is 36.4 Å². The third-order valence-corrected chi connectivity index (χ3v) is 4.83. The maximum Gasteiger partial charge on any atom is 0.224 e. The van der Waals surface area contributed by atoms with E-state index in [9.17, 15) is 4.79 Å². The van der Waals surface area contributed by atoms with Crippen molar-refractivity contribution in [3.8, 4) is 5.69 Å². The van der Waals surface area contributed by atoms with Crippen molar-refractivity contribution in [1.29, 1.82) is 0 Å². The molecule has 0 aliphatic heterocycles. The molecule has 3 rings (SSSR count). The molecule has 28 heavy (non-hydrogen) atoms. The van der Waals surface area contributed by atoms with Gasteiger partial charge >= 0.3 is 0 Å². The summed E-state index contributed by atoms with van der Waals surface area (Å²) in [5.74, 6) is -0.000158. The number of hydrogen-bond acceptors (Lipinski definition) is 3. The minimum atomic E-state index is -0.000158. The van der Waals surface area contributed by atoms with Crippen molar-refractivity contribution < 1.29 is 4.79 Å². The fourth-order valence-electron chi connectivity index (χ4n) is 3.09. The van der Waals surface area contributed by atoms with Crippen molar-refractivity contribution in [3.63, 3.8) is 0 Å². The lowest BCUT2D eigenvalue weighted by atomic mass is 10.1. The molecule has 0 aliphatic rings. The lowest BCUT2D eigenvalue weighted by Gasteiger charge is -2.18. The third-order valence-electron chi connectivity index (χ3n) is 4.83. The Morgan fingerprint density at radius 3 is 2.32 bits per heavy atom. The summed E-state index contributed by atoms with van der Waals surface area (Å²) in [5, 5.41) is 7.33. The van der Waals surface area contributed by atoms with Crippen LogP contribution in [0.15, 0.2) is 67.0 Å². The zero-order chi connectivity index (χ0) is 19.8. The Morgan fingerprint density at radius 1 is 0.964 bits per heavy atom. The van der Waals surface area contributed by atoms with Crippen LogP contribution in [0.3, 0.4) is 0 Å². The highest BCUT2D eigenvalue weighted by Gasteiger charge is 2.07. The van der Waals surface area contributed by atoms with Crippen LogP contribution in [0.25, 0.3) is 5.69 Å². The molecule has 0 atom stereocenters. The molecule has 5 heteroatoms. The second kappa shape index (κ2) is 9.85. The molecule has 0 saturated carbocycles. The Bertz CT molecular complexity index is 867. The molecule has 1 heterocycles. The highest BCUT2D eigenvalue weighted by molar-refractivity contribution is 5.78. The first-order valence-corrected chi connectivity index (χ1v) is 9.83. The van der Waals surface area contributed by atoms with Crippen molar-refractivity contribution >= 4 is 5.91 Å². The Balaban J connectivity index is 1.49. The van der Waals surface area contributed by atoms with E-state index >= 15 is 0 Å². The Kier molecular flexibility index (Phi) is 6.98. The average Bonchev–Trinajstić information content (AvgIpc) is 3.20. The number of carbonyl (C=O) groups is 1. The number of amides is 1. The van der Waals surface area contributed by atoms with Crippen LogP contribution in [0.4, 0.5) is 0 Å². The van der Waals surface area contributed by atoms with Gasteiger partial charge in [0.1, 0.15) is 0 Å². The second-order valence-electron chi connectivity index (χ2n) is 6.86. The zero-order valence-electron chi connectivity index (χ0n) is 16.6. The van der Waals surface area contributed by atoms with Crippen molar-refractivity contribution in [2.45, 2.75) is 33.4 Å². The van der Waals surface area contributed by atoms with E-state index < -0.39 is 0 Å². The first-order valence-electron chi connectivity index (χ1n) is 9.83. The van der Waals surface area contributed by atoms with Crippen molar-refractivity contribution in [3.05, 3.63) is 83.7 Å².